The fraction of sp³-hybridized carbons (Fsp3) is 1.00. The molecule has 0 N–H and O–H groups in total. The topological polar surface area (TPSA) is 0 Å². The lowest BCUT2D eigenvalue weighted by molar-refractivity contribution is 0.698. The van der Waals surface area contributed by atoms with Gasteiger partial charge in [0.1, 0.15) is 0 Å². The number of hydrogen-bond acceptors (Lipinski definition) is 0. The molecule has 0 aromatic carbocycles. The van der Waals surface area contributed by atoms with Crippen LogP contribution in [0.5, 0.6) is 0 Å². The molecular weight excluding hydrogens is 315 g/mol. The van der Waals surface area contributed by atoms with Crippen LogP contribution < -0.4 is 0 Å². The van der Waals surface area contributed by atoms with Crippen molar-refractivity contribution in [2.75, 3.05) is 17.8 Å². The van der Waals surface area contributed by atoms with Crippen molar-refractivity contribution in [1.29, 1.82) is 0 Å². The Labute approximate surface area is 111 Å². The SMILES string of the molecule is CCCCCCS(C)(I)CCCCCC. The van der Waals surface area contributed by atoms with E-state index in [2.05, 4.69) is 41.3 Å². The first-order valence-corrected chi connectivity index (χ1v) is 11.5. The fourth-order valence-electron chi connectivity index (χ4n) is 1.76. The summed E-state index contributed by atoms with van der Waals surface area (Å²) in [6, 6.07) is 0. The maximum atomic E-state index is 2.76. The number of hydrogen-bond donors (Lipinski definition) is 0. The fourth-order valence-corrected chi connectivity index (χ4v) is 5.45. The zero-order valence-corrected chi connectivity index (χ0v) is 13.8. The van der Waals surface area contributed by atoms with Crippen LogP contribution in [0.4, 0.5) is 0 Å². The highest BCUT2D eigenvalue weighted by atomic mass is 127. The molecule has 0 aliphatic heterocycles. The minimum Gasteiger partial charge on any atom is -0.190 e. The highest BCUT2D eigenvalue weighted by Gasteiger charge is 2.12. The molecule has 0 spiro atoms. The summed E-state index contributed by atoms with van der Waals surface area (Å²) in [7, 11) is -0.273. The van der Waals surface area contributed by atoms with Crippen LogP contribution >= 0.6 is 28.4 Å². The first-order chi connectivity index (χ1) is 7.12. The predicted molar refractivity (Wildman–Crippen MR) is 85.6 cm³/mol. The Kier molecular flexibility index (Phi) is 11.0. The average molecular weight is 344 g/mol. The lowest BCUT2D eigenvalue weighted by Gasteiger charge is -2.28. The van der Waals surface area contributed by atoms with Gasteiger partial charge in [-0.3, -0.25) is 0 Å². The van der Waals surface area contributed by atoms with Crippen molar-refractivity contribution < 1.29 is 0 Å². The molecule has 2 heteroatoms. The van der Waals surface area contributed by atoms with Crippen molar-refractivity contribution >= 4 is 28.4 Å². The largest absolute Gasteiger partial charge is 0.190 e. The number of halogens is 1. The van der Waals surface area contributed by atoms with E-state index in [1.807, 2.05) is 0 Å². The summed E-state index contributed by atoms with van der Waals surface area (Å²) in [5.74, 6) is 3.00. The summed E-state index contributed by atoms with van der Waals surface area (Å²) in [5.41, 5.74) is 0. The predicted octanol–water partition coefficient (Wildman–Crippen LogP) is 5.93. The Morgan fingerprint density at radius 2 is 1.13 bits per heavy atom. The highest BCUT2D eigenvalue weighted by Crippen LogP contribution is 2.54. The molecule has 0 rings (SSSR count). The second-order valence-corrected chi connectivity index (χ2v) is 14.2. The van der Waals surface area contributed by atoms with Gasteiger partial charge in [-0.1, -0.05) is 52.4 Å². The van der Waals surface area contributed by atoms with Crippen molar-refractivity contribution in [1.82, 2.24) is 0 Å². The van der Waals surface area contributed by atoms with Crippen LogP contribution in [0.25, 0.3) is 0 Å². The quantitative estimate of drug-likeness (QED) is 0.340. The van der Waals surface area contributed by atoms with Gasteiger partial charge in [0.05, 0.1) is 0 Å². The van der Waals surface area contributed by atoms with E-state index in [0.29, 0.717) is 0 Å². The molecule has 0 saturated heterocycles. The van der Waals surface area contributed by atoms with E-state index < -0.39 is 0 Å². The second kappa shape index (κ2) is 10.2. The number of unbranched alkanes of at least 4 members (excludes halogenated alkanes) is 6. The first kappa shape index (κ1) is 16.1. The molecular formula is C13H29IS. The van der Waals surface area contributed by atoms with E-state index in [1.165, 1.54) is 62.9 Å². The molecule has 94 valence electrons. The summed E-state index contributed by atoms with van der Waals surface area (Å²) in [6.07, 6.45) is 14.0. The molecule has 0 heterocycles. The highest BCUT2D eigenvalue weighted by molar-refractivity contribution is 14.2. The monoisotopic (exact) mass is 344 g/mol. The van der Waals surface area contributed by atoms with Crippen LogP contribution in [-0.4, -0.2) is 17.8 Å². The molecule has 0 amide bonds. The lowest BCUT2D eigenvalue weighted by Crippen LogP contribution is -2.01. The van der Waals surface area contributed by atoms with Crippen LogP contribution in [-0.2, 0) is 0 Å². The molecule has 0 atom stereocenters. The van der Waals surface area contributed by atoms with Gasteiger partial charge in [0.2, 0.25) is 0 Å². The summed E-state index contributed by atoms with van der Waals surface area (Å²) in [5, 5.41) is 0. The second-order valence-electron chi connectivity index (χ2n) is 4.68. The maximum Gasteiger partial charge on any atom is -0.0146 e. The lowest BCUT2D eigenvalue weighted by atomic mass is 10.2. The maximum absolute atomic E-state index is 2.76. The molecule has 0 bridgehead atoms. The van der Waals surface area contributed by atoms with Gasteiger partial charge in [0.25, 0.3) is 0 Å². The van der Waals surface area contributed by atoms with Crippen LogP contribution in [0.3, 0.4) is 0 Å². The Bertz CT molecular complexity index is 120. The van der Waals surface area contributed by atoms with Gasteiger partial charge in [-0.2, -0.15) is 7.20 Å². The van der Waals surface area contributed by atoms with Crippen molar-refractivity contribution in [3.63, 3.8) is 0 Å². The van der Waals surface area contributed by atoms with Gasteiger partial charge >= 0.3 is 0 Å². The molecule has 0 aliphatic rings. The molecule has 15 heavy (non-hydrogen) atoms. The Morgan fingerprint density at radius 1 is 0.733 bits per heavy atom. The zero-order chi connectivity index (χ0) is 11.6. The molecule has 0 aromatic rings. The van der Waals surface area contributed by atoms with E-state index >= 15 is 0 Å². The van der Waals surface area contributed by atoms with E-state index in [4.69, 9.17) is 0 Å². The van der Waals surface area contributed by atoms with Crippen molar-refractivity contribution in [2.45, 2.75) is 65.2 Å². The molecule has 0 radical (unpaired) electrons. The summed E-state index contributed by atoms with van der Waals surface area (Å²) in [4.78, 5) is 0. The average Bonchev–Trinajstić information content (AvgIpc) is 2.20. The normalized spacial score (nSPS) is 13.1. The van der Waals surface area contributed by atoms with E-state index in [-0.39, 0.29) is 7.20 Å². The van der Waals surface area contributed by atoms with E-state index in [1.54, 1.807) is 0 Å². The van der Waals surface area contributed by atoms with Crippen molar-refractivity contribution in [3.8, 4) is 0 Å². The minimum absolute atomic E-state index is 0.273. The van der Waals surface area contributed by atoms with E-state index in [9.17, 15) is 0 Å². The van der Waals surface area contributed by atoms with Gasteiger partial charge in [-0.25, -0.2) is 0 Å². The molecule has 0 saturated carbocycles. The van der Waals surface area contributed by atoms with Crippen LogP contribution in [0.2, 0.25) is 0 Å². The minimum atomic E-state index is -0.273. The van der Waals surface area contributed by atoms with Crippen molar-refractivity contribution in [3.05, 3.63) is 0 Å². The van der Waals surface area contributed by atoms with Gasteiger partial charge in [-0.05, 0) is 51.8 Å². The third-order valence-corrected chi connectivity index (χ3v) is 7.77. The Morgan fingerprint density at radius 3 is 1.47 bits per heavy atom. The molecule has 0 aliphatic carbocycles. The molecule has 0 aromatic heterocycles. The smallest absolute Gasteiger partial charge is 0.0146 e. The van der Waals surface area contributed by atoms with Crippen LogP contribution in [0.1, 0.15) is 65.2 Å². The van der Waals surface area contributed by atoms with Gasteiger partial charge in [-0.15, -0.1) is 0 Å². The van der Waals surface area contributed by atoms with Gasteiger partial charge in [0.15, 0.2) is 0 Å². The van der Waals surface area contributed by atoms with E-state index in [0.717, 1.165) is 0 Å². The van der Waals surface area contributed by atoms with Crippen LogP contribution in [0, 0.1) is 0 Å². The molecule has 0 fully saturated rings. The summed E-state index contributed by atoms with van der Waals surface area (Å²) in [6.45, 7) is 4.59. The van der Waals surface area contributed by atoms with Crippen molar-refractivity contribution in [2.24, 2.45) is 0 Å². The van der Waals surface area contributed by atoms with Gasteiger partial charge < -0.3 is 0 Å². The first-order valence-electron chi connectivity index (χ1n) is 6.55. The van der Waals surface area contributed by atoms with Gasteiger partial charge in [0, 0.05) is 0 Å². The molecule has 0 nitrogen and oxygen atoms in total. The number of rotatable bonds is 10. The van der Waals surface area contributed by atoms with Crippen LogP contribution in [0.15, 0.2) is 0 Å². The standard InChI is InChI=1S/C13H29IS/c1-4-6-8-10-12-15(3,14)13-11-9-7-5-2/h4-13H2,1-3H3. The summed E-state index contributed by atoms with van der Waals surface area (Å²) >= 11 is 2.76. The Balaban J connectivity index is 3.40. The third-order valence-electron chi connectivity index (χ3n) is 2.85. The third kappa shape index (κ3) is 11.3. The zero-order valence-electron chi connectivity index (χ0n) is 10.9. The Hall–Kier alpha value is 1.08. The molecule has 0 unspecified atom stereocenters. The summed E-state index contributed by atoms with van der Waals surface area (Å²) < 4.78 is 0.